The smallest absolute Gasteiger partial charge is 0.0431 e. The van der Waals surface area contributed by atoms with Gasteiger partial charge in [-0.2, -0.15) is 0 Å². The molecule has 0 aliphatic carbocycles. The third kappa shape index (κ3) is 13.4. The first-order valence-corrected chi connectivity index (χ1v) is 7.61. The Labute approximate surface area is 120 Å². The molecule has 0 spiro atoms. The van der Waals surface area contributed by atoms with Gasteiger partial charge >= 0.3 is 0 Å². The van der Waals surface area contributed by atoms with Crippen LogP contribution < -0.4 is 0 Å². The Balaban J connectivity index is 3.77. The maximum absolute atomic E-state index is 8.71. The van der Waals surface area contributed by atoms with Gasteiger partial charge in [0.2, 0.25) is 0 Å². The van der Waals surface area contributed by atoms with Crippen LogP contribution in [0.3, 0.4) is 0 Å². The molecule has 19 heavy (non-hydrogen) atoms. The van der Waals surface area contributed by atoms with Crippen LogP contribution in [0.4, 0.5) is 0 Å². The fraction of sp³-hybridized carbons (Fsp3) is 0.667. The van der Waals surface area contributed by atoms with E-state index in [1.54, 1.807) is 0 Å². The maximum Gasteiger partial charge on any atom is 0.0431 e. The van der Waals surface area contributed by atoms with Crippen LogP contribution in [0.15, 0.2) is 34.9 Å². The lowest BCUT2D eigenvalue weighted by Crippen LogP contribution is -1.83. The molecule has 1 heteroatoms. The summed E-state index contributed by atoms with van der Waals surface area (Å²) < 4.78 is 0. The van der Waals surface area contributed by atoms with Crippen molar-refractivity contribution in [2.24, 2.45) is 0 Å². The van der Waals surface area contributed by atoms with Gasteiger partial charge in [-0.25, -0.2) is 0 Å². The highest BCUT2D eigenvalue weighted by molar-refractivity contribution is 5.05. The van der Waals surface area contributed by atoms with E-state index in [1.807, 2.05) is 0 Å². The standard InChI is InChI=1S/C18H32O/c1-16(2)10-8-12-18(4)14-9-13-17(3)11-6-5-7-15-19/h10-11,14,19H,5-9,12-13,15H2,1-4H3/b17-11+,18-14+. The van der Waals surface area contributed by atoms with E-state index in [1.165, 1.54) is 36.0 Å². The number of allylic oxidation sites excluding steroid dienone is 6. The summed E-state index contributed by atoms with van der Waals surface area (Å²) in [5.41, 5.74) is 4.39. The van der Waals surface area contributed by atoms with Crippen molar-refractivity contribution in [2.45, 2.75) is 72.6 Å². The van der Waals surface area contributed by atoms with Crippen molar-refractivity contribution < 1.29 is 5.11 Å². The van der Waals surface area contributed by atoms with Gasteiger partial charge in [-0.05, 0) is 72.6 Å². The molecule has 0 amide bonds. The van der Waals surface area contributed by atoms with Gasteiger partial charge in [-0.15, -0.1) is 0 Å². The summed E-state index contributed by atoms with van der Waals surface area (Å²) in [6.45, 7) is 9.08. The largest absolute Gasteiger partial charge is 0.396 e. The topological polar surface area (TPSA) is 20.2 Å². The van der Waals surface area contributed by atoms with Crippen molar-refractivity contribution in [3.63, 3.8) is 0 Å². The third-order valence-electron chi connectivity index (χ3n) is 3.23. The molecule has 0 saturated heterocycles. The molecule has 0 atom stereocenters. The number of hydrogen-bond acceptors (Lipinski definition) is 1. The summed E-state index contributed by atoms with van der Waals surface area (Å²) in [7, 11) is 0. The van der Waals surface area contributed by atoms with E-state index in [0.29, 0.717) is 6.61 Å². The molecule has 0 bridgehead atoms. The molecule has 0 heterocycles. The molecule has 0 aromatic heterocycles. The van der Waals surface area contributed by atoms with Gasteiger partial charge in [0, 0.05) is 6.61 Å². The predicted octanol–water partition coefficient (Wildman–Crippen LogP) is 5.57. The van der Waals surface area contributed by atoms with Crippen molar-refractivity contribution in [3.8, 4) is 0 Å². The van der Waals surface area contributed by atoms with E-state index < -0.39 is 0 Å². The highest BCUT2D eigenvalue weighted by atomic mass is 16.2. The van der Waals surface area contributed by atoms with Crippen LogP contribution in [0, 0.1) is 0 Å². The Morgan fingerprint density at radius 1 is 0.737 bits per heavy atom. The molecule has 1 N–H and O–H groups in total. The molecule has 0 fully saturated rings. The maximum atomic E-state index is 8.71. The van der Waals surface area contributed by atoms with Gasteiger partial charge in [0.05, 0.1) is 0 Å². The minimum atomic E-state index is 0.320. The van der Waals surface area contributed by atoms with E-state index in [9.17, 15) is 0 Å². The lowest BCUT2D eigenvalue weighted by Gasteiger charge is -2.01. The van der Waals surface area contributed by atoms with Gasteiger partial charge in [0.15, 0.2) is 0 Å². The van der Waals surface area contributed by atoms with E-state index in [4.69, 9.17) is 5.11 Å². The molecule has 0 aromatic rings. The Morgan fingerprint density at radius 3 is 1.79 bits per heavy atom. The van der Waals surface area contributed by atoms with Crippen LogP contribution in [0.2, 0.25) is 0 Å². The van der Waals surface area contributed by atoms with E-state index >= 15 is 0 Å². The molecule has 0 aliphatic heterocycles. The zero-order valence-corrected chi connectivity index (χ0v) is 13.3. The van der Waals surface area contributed by atoms with Crippen LogP contribution in [-0.4, -0.2) is 11.7 Å². The number of aliphatic hydroxyl groups excluding tert-OH is 1. The molecule has 0 radical (unpaired) electrons. The minimum absolute atomic E-state index is 0.320. The minimum Gasteiger partial charge on any atom is -0.396 e. The van der Waals surface area contributed by atoms with Gasteiger partial charge < -0.3 is 5.11 Å². The first-order valence-electron chi connectivity index (χ1n) is 7.61. The Hall–Kier alpha value is -0.820. The van der Waals surface area contributed by atoms with E-state index in [-0.39, 0.29) is 0 Å². The summed E-state index contributed by atoms with van der Waals surface area (Å²) in [6, 6.07) is 0. The Kier molecular flexibility index (Phi) is 11.7. The number of hydrogen-bond donors (Lipinski definition) is 1. The Bertz CT molecular complexity index is 304. The van der Waals surface area contributed by atoms with Crippen LogP contribution in [0.1, 0.15) is 72.6 Å². The second-order valence-corrected chi connectivity index (χ2v) is 5.68. The van der Waals surface area contributed by atoms with Gasteiger partial charge in [-0.3, -0.25) is 0 Å². The Morgan fingerprint density at radius 2 is 1.26 bits per heavy atom. The molecule has 1 nitrogen and oxygen atoms in total. The fourth-order valence-electron chi connectivity index (χ4n) is 1.94. The molecule has 110 valence electrons. The first kappa shape index (κ1) is 18.2. The molecular weight excluding hydrogens is 232 g/mol. The van der Waals surface area contributed by atoms with Gasteiger partial charge in [0.25, 0.3) is 0 Å². The zero-order valence-electron chi connectivity index (χ0n) is 13.3. The average Bonchev–Trinajstić information content (AvgIpc) is 2.34. The van der Waals surface area contributed by atoms with Gasteiger partial charge in [-0.1, -0.05) is 34.9 Å². The van der Waals surface area contributed by atoms with Crippen LogP contribution >= 0.6 is 0 Å². The monoisotopic (exact) mass is 264 g/mol. The van der Waals surface area contributed by atoms with E-state index in [0.717, 1.165) is 25.7 Å². The molecular formula is C18H32O. The summed E-state index contributed by atoms with van der Waals surface area (Å²) in [5.74, 6) is 0. The van der Waals surface area contributed by atoms with Crippen molar-refractivity contribution in [3.05, 3.63) is 34.9 Å². The normalized spacial score (nSPS) is 12.7. The third-order valence-corrected chi connectivity index (χ3v) is 3.23. The van der Waals surface area contributed by atoms with Crippen LogP contribution in [0.25, 0.3) is 0 Å². The SMILES string of the molecule is CC(C)=CCC/C(C)=C/CC/C(C)=C/CCCCO. The highest BCUT2D eigenvalue weighted by Crippen LogP contribution is 2.12. The number of rotatable bonds is 10. The first-order chi connectivity index (χ1) is 9.06. The van der Waals surface area contributed by atoms with Crippen LogP contribution in [-0.2, 0) is 0 Å². The molecule has 0 aromatic carbocycles. The summed E-state index contributed by atoms with van der Waals surface area (Å²) in [4.78, 5) is 0. The number of aliphatic hydroxyl groups is 1. The fourth-order valence-corrected chi connectivity index (χ4v) is 1.94. The highest BCUT2D eigenvalue weighted by Gasteiger charge is 1.92. The summed E-state index contributed by atoms with van der Waals surface area (Å²) in [5, 5.41) is 8.71. The van der Waals surface area contributed by atoms with Crippen molar-refractivity contribution in [2.75, 3.05) is 6.61 Å². The lowest BCUT2D eigenvalue weighted by atomic mass is 10.1. The van der Waals surface area contributed by atoms with Gasteiger partial charge in [0.1, 0.15) is 0 Å². The van der Waals surface area contributed by atoms with Crippen molar-refractivity contribution in [1.29, 1.82) is 0 Å². The van der Waals surface area contributed by atoms with Crippen molar-refractivity contribution in [1.82, 2.24) is 0 Å². The van der Waals surface area contributed by atoms with E-state index in [2.05, 4.69) is 45.9 Å². The van der Waals surface area contributed by atoms with Crippen LogP contribution in [0.5, 0.6) is 0 Å². The predicted molar refractivity (Wildman–Crippen MR) is 86.3 cm³/mol. The van der Waals surface area contributed by atoms with Crippen molar-refractivity contribution >= 4 is 0 Å². The average molecular weight is 264 g/mol. The second kappa shape index (κ2) is 12.2. The molecule has 0 saturated carbocycles. The quantitative estimate of drug-likeness (QED) is 0.404. The lowest BCUT2D eigenvalue weighted by molar-refractivity contribution is 0.285. The number of unbranched alkanes of at least 4 members (excludes halogenated alkanes) is 2. The molecule has 0 rings (SSSR count). The second-order valence-electron chi connectivity index (χ2n) is 5.68. The zero-order chi connectivity index (χ0) is 14.5. The molecule has 0 unspecified atom stereocenters. The summed E-state index contributed by atoms with van der Waals surface area (Å²) in [6.07, 6.45) is 14.8. The summed E-state index contributed by atoms with van der Waals surface area (Å²) >= 11 is 0. The molecule has 0 aliphatic rings.